The van der Waals surface area contributed by atoms with Crippen LogP contribution < -0.4 is 9.46 Å². The predicted octanol–water partition coefficient (Wildman–Crippen LogP) is 8.27. The number of fused-ring (bicyclic) bond motifs is 1. The Kier molecular flexibility index (Phi) is 17.7. The van der Waals surface area contributed by atoms with Crippen molar-refractivity contribution < 1.29 is 22.7 Å². The van der Waals surface area contributed by atoms with Crippen LogP contribution in [0.5, 0.6) is 5.88 Å². The Hall–Kier alpha value is -2.56. The molecule has 238 valence electrons. The Morgan fingerprint density at radius 1 is 0.905 bits per heavy atom. The van der Waals surface area contributed by atoms with E-state index in [0.29, 0.717) is 5.88 Å². The second-order valence-corrected chi connectivity index (χ2v) is 14.1. The molecule has 0 unspecified atom stereocenters. The van der Waals surface area contributed by atoms with Gasteiger partial charge >= 0.3 is 5.97 Å². The largest absolute Gasteiger partial charge is 0.473 e. The summed E-state index contributed by atoms with van der Waals surface area (Å²) in [6.07, 6.45) is 4.88. The van der Waals surface area contributed by atoms with E-state index >= 15 is 0 Å². The maximum atomic E-state index is 11.1. The van der Waals surface area contributed by atoms with Crippen molar-refractivity contribution in [3.63, 3.8) is 0 Å². The number of benzene rings is 1. The quantitative estimate of drug-likeness (QED) is 0.252. The van der Waals surface area contributed by atoms with E-state index in [2.05, 4.69) is 9.71 Å². The standard InChI is InChI=1S/C15H14N2OS.C9H16O2.C6H15NO2S.2CH4/c1-10(2)18-15-14(13-8-5-9-19-13)16-11-6-3-4-7-12(11)17-15;1-7(2)9(10)11-8-5-3-4-6-8;1-5(2)7-10(8,9)6(3)4;;/h3-10H,1-2H3;7-8H,3-6H2,1-2H3;5-7H,1-4H3;2*1H4. The van der Waals surface area contributed by atoms with Crippen LogP contribution in [-0.2, 0) is 19.6 Å². The van der Waals surface area contributed by atoms with Crippen molar-refractivity contribution in [3.8, 4) is 16.5 Å². The van der Waals surface area contributed by atoms with Gasteiger partial charge in [0.25, 0.3) is 0 Å². The molecule has 1 aliphatic rings. The molecular formula is C32H53N3O5S2. The molecule has 0 radical (unpaired) electrons. The molecule has 0 amide bonds. The van der Waals surface area contributed by atoms with Gasteiger partial charge in [-0.15, -0.1) is 11.3 Å². The number of carbonyl (C=O) groups is 1. The molecule has 0 aliphatic heterocycles. The van der Waals surface area contributed by atoms with Crippen molar-refractivity contribution in [1.82, 2.24) is 14.7 Å². The summed E-state index contributed by atoms with van der Waals surface area (Å²) in [4.78, 5) is 21.4. The van der Waals surface area contributed by atoms with Crippen LogP contribution in [0.2, 0.25) is 0 Å². The molecule has 42 heavy (non-hydrogen) atoms. The average molecular weight is 624 g/mol. The maximum absolute atomic E-state index is 11.1. The van der Waals surface area contributed by atoms with Gasteiger partial charge < -0.3 is 9.47 Å². The number of aromatic nitrogens is 2. The molecule has 0 saturated heterocycles. The predicted molar refractivity (Wildman–Crippen MR) is 178 cm³/mol. The van der Waals surface area contributed by atoms with Crippen LogP contribution in [0, 0.1) is 5.92 Å². The molecule has 0 bridgehead atoms. The minimum Gasteiger partial charge on any atom is -0.473 e. The van der Waals surface area contributed by atoms with Crippen molar-refractivity contribution in [3.05, 3.63) is 41.8 Å². The van der Waals surface area contributed by atoms with E-state index in [9.17, 15) is 13.2 Å². The van der Waals surface area contributed by atoms with Gasteiger partial charge in [-0.3, -0.25) is 4.79 Å². The first kappa shape index (κ1) is 39.4. The lowest BCUT2D eigenvalue weighted by atomic mass is 10.2. The molecule has 1 aromatic carbocycles. The second-order valence-electron chi connectivity index (χ2n) is 10.9. The van der Waals surface area contributed by atoms with Crippen LogP contribution >= 0.6 is 11.3 Å². The molecule has 1 saturated carbocycles. The summed E-state index contributed by atoms with van der Waals surface area (Å²) >= 11 is 1.64. The van der Waals surface area contributed by atoms with Crippen LogP contribution in [0.25, 0.3) is 21.6 Å². The smallest absolute Gasteiger partial charge is 0.308 e. The van der Waals surface area contributed by atoms with Gasteiger partial charge in [-0.05, 0) is 90.8 Å². The van der Waals surface area contributed by atoms with E-state index < -0.39 is 10.0 Å². The maximum Gasteiger partial charge on any atom is 0.308 e. The third-order valence-electron chi connectivity index (χ3n) is 5.72. The van der Waals surface area contributed by atoms with Crippen LogP contribution in [0.4, 0.5) is 0 Å². The molecule has 3 aromatic rings. The number of sulfonamides is 1. The van der Waals surface area contributed by atoms with Crippen molar-refractivity contribution in [1.29, 1.82) is 0 Å². The molecule has 2 heterocycles. The van der Waals surface area contributed by atoms with Crippen molar-refractivity contribution >= 4 is 38.4 Å². The zero-order chi connectivity index (χ0) is 29.9. The number of thiophene rings is 1. The minimum absolute atomic E-state index is 0. The topological polar surface area (TPSA) is 107 Å². The van der Waals surface area contributed by atoms with Gasteiger partial charge in [-0.2, -0.15) is 0 Å². The first-order valence-corrected chi connectivity index (χ1v) is 16.4. The third-order valence-corrected chi connectivity index (χ3v) is 8.64. The number of ether oxygens (including phenoxy) is 2. The molecule has 0 spiro atoms. The lowest BCUT2D eigenvalue weighted by molar-refractivity contribution is -0.152. The van der Waals surface area contributed by atoms with E-state index in [1.165, 1.54) is 12.8 Å². The number of nitrogens with one attached hydrogen (secondary N) is 1. The van der Waals surface area contributed by atoms with Gasteiger partial charge in [0.1, 0.15) is 11.8 Å². The van der Waals surface area contributed by atoms with Crippen LogP contribution in [0.1, 0.15) is 95.9 Å². The van der Waals surface area contributed by atoms with E-state index in [-0.39, 0.29) is 50.2 Å². The van der Waals surface area contributed by atoms with Gasteiger partial charge in [-0.1, -0.05) is 46.9 Å². The average Bonchev–Trinajstić information content (AvgIpc) is 3.58. The molecule has 1 fully saturated rings. The van der Waals surface area contributed by atoms with Gasteiger partial charge in [0.05, 0.1) is 33.2 Å². The summed E-state index contributed by atoms with van der Waals surface area (Å²) in [6.45, 7) is 14.7. The van der Waals surface area contributed by atoms with Crippen molar-refractivity contribution in [2.75, 3.05) is 0 Å². The highest BCUT2D eigenvalue weighted by Crippen LogP contribution is 2.32. The van der Waals surface area contributed by atoms with Crippen LogP contribution in [0.3, 0.4) is 0 Å². The fourth-order valence-corrected chi connectivity index (χ4v) is 5.27. The Labute approximate surface area is 258 Å². The fourth-order valence-electron chi connectivity index (χ4n) is 3.63. The number of hydrogen-bond donors (Lipinski definition) is 1. The molecule has 4 rings (SSSR count). The highest BCUT2D eigenvalue weighted by Gasteiger charge is 2.20. The van der Waals surface area contributed by atoms with Crippen molar-refractivity contribution in [2.24, 2.45) is 5.92 Å². The van der Waals surface area contributed by atoms with Crippen molar-refractivity contribution in [2.45, 2.75) is 119 Å². The zero-order valence-electron chi connectivity index (χ0n) is 25.0. The summed E-state index contributed by atoms with van der Waals surface area (Å²) in [6, 6.07) is 11.9. The number of carbonyl (C=O) groups excluding carboxylic acids is 1. The molecule has 10 heteroatoms. The highest BCUT2D eigenvalue weighted by atomic mass is 32.2. The number of nitrogens with zero attached hydrogens (tertiary/aromatic N) is 2. The van der Waals surface area contributed by atoms with Gasteiger partial charge in [-0.25, -0.2) is 23.1 Å². The summed E-state index contributed by atoms with van der Waals surface area (Å²) < 4.78 is 35.6. The number of hydrogen-bond acceptors (Lipinski definition) is 8. The summed E-state index contributed by atoms with van der Waals surface area (Å²) in [5, 5.41) is 1.70. The molecular weight excluding hydrogens is 571 g/mol. The SMILES string of the molecule is C.C.CC(C)C(=O)OC1CCCC1.CC(C)NS(=O)(=O)C(C)C.CC(C)Oc1nc2ccccc2nc1-c1cccs1. The molecule has 1 N–H and O–H groups in total. The Morgan fingerprint density at radius 3 is 1.90 bits per heavy atom. The lowest BCUT2D eigenvalue weighted by Gasteiger charge is -2.12. The van der Waals surface area contributed by atoms with Gasteiger partial charge in [0.15, 0.2) is 0 Å². The van der Waals surface area contributed by atoms with E-state index in [1.807, 2.05) is 69.5 Å². The number of para-hydroxylation sites is 2. The zero-order valence-corrected chi connectivity index (χ0v) is 26.6. The number of rotatable bonds is 8. The van der Waals surface area contributed by atoms with Crippen LogP contribution in [0.15, 0.2) is 41.8 Å². The lowest BCUT2D eigenvalue weighted by Crippen LogP contribution is -2.35. The Morgan fingerprint density at radius 2 is 1.48 bits per heavy atom. The normalized spacial score (nSPS) is 13.1. The molecule has 1 aliphatic carbocycles. The minimum atomic E-state index is -3.05. The van der Waals surface area contributed by atoms with E-state index in [0.717, 1.165) is 34.4 Å². The second kappa shape index (κ2) is 18.9. The van der Waals surface area contributed by atoms with Crippen LogP contribution in [-0.4, -0.2) is 47.9 Å². The first-order valence-electron chi connectivity index (χ1n) is 14.0. The summed E-state index contributed by atoms with van der Waals surface area (Å²) in [5.41, 5.74) is 2.57. The summed E-state index contributed by atoms with van der Waals surface area (Å²) in [5.74, 6) is 0.587. The van der Waals surface area contributed by atoms with Gasteiger partial charge in [0.2, 0.25) is 15.9 Å². The fraction of sp³-hybridized carbons (Fsp3) is 0.594. The first-order chi connectivity index (χ1) is 18.8. The Bertz CT molecular complexity index is 1280. The van der Waals surface area contributed by atoms with E-state index in [4.69, 9.17) is 14.5 Å². The third kappa shape index (κ3) is 13.2. The summed E-state index contributed by atoms with van der Waals surface area (Å²) in [7, 11) is -3.05. The molecule has 8 nitrogen and oxygen atoms in total. The van der Waals surface area contributed by atoms with Gasteiger partial charge in [0, 0.05) is 6.04 Å². The Balaban J connectivity index is 0.000000635. The molecule has 0 atom stereocenters. The molecule has 2 aromatic heterocycles. The highest BCUT2D eigenvalue weighted by molar-refractivity contribution is 7.90. The number of esters is 1. The monoisotopic (exact) mass is 623 g/mol. The van der Waals surface area contributed by atoms with E-state index in [1.54, 1.807) is 39.0 Å².